The molecule has 0 saturated carbocycles. The number of phosphoric acid groups is 2. The highest BCUT2D eigenvalue weighted by molar-refractivity contribution is 7.47. The van der Waals surface area contributed by atoms with Crippen LogP contribution in [0.1, 0.15) is 344 Å². The summed E-state index contributed by atoms with van der Waals surface area (Å²) >= 11 is 0. The van der Waals surface area contributed by atoms with E-state index in [1.807, 2.05) is 0 Å². The normalized spacial score (nSPS) is 14.6. The van der Waals surface area contributed by atoms with Gasteiger partial charge in [-0.2, -0.15) is 0 Å². The summed E-state index contributed by atoms with van der Waals surface area (Å²) in [5.41, 5.74) is 0. The standard InChI is InChI=1S/C70H136O17P2/c1-9-63(8)49-41-33-24-18-14-12-10-11-13-15-19-25-36-44-52-69(74)86-65(56-80-67(72)50-42-34-27-21-23-31-39-47-61(4)5)58-84-88(76,77)82-54-64(71)55-83-89(78,79)85-59-66(57-81-68(73)51-43-35-29-28-32-40-48-62(6)7)87-70(75)53-45-37-26-20-16-17-22-30-38-46-60(2)3/h60-66,71H,9-59H2,1-8H3,(H,76,77)(H,78,79)/t63?,64?,65-,66-/m1/s1. The monoisotopic (exact) mass is 1310 g/mol. The molecule has 528 valence electrons. The molecule has 0 aliphatic carbocycles. The minimum absolute atomic E-state index is 0.104. The third-order valence-electron chi connectivity index (χ3n) is 16.4. The predicted molar refractivity (Wildman–Crippen MR) is 358 cm³/mol. The van der Waals surface area contributed by atoms with Crippen LogP contribution in [0, 0.1) is 23.7 Å². The molecule has 6 atom stereocenters. The van der Waals surface area contributed by atoms with Crippen LogP contribution in [-0.4, -0.2) is 96.7 Å². The lowest BCUT2D eigenvalue weighted by Gasteiger charge is -2.21. The predicted octanol–water partition coefficient (Wildman–Crippen LogP) is 19.7. The van der Waals surface area contributed by atoms with Gasteiger partial charge in [0.15, 0.2) is 12.2 Å². The van der Waals surface area contributed by atoms with Crippen LogP contribution in [0.2, 0.25) is 0 Å². The number of carbonyl (C=O) groups excluding carboxylic acids is 4. The van der Waals surface area contributed by atoms with Gasteiger partial charge in [0.2, 0.25) is 0 Å². The fraction of sp³-hybridized carbons (Fsp3) is 0.943. The molecule has 0 aromatic heterocycles. The number of rotatable bonds is 67. The van der Waals surface area contributed by atoms with Crippen LogP contribution in [0.5, 0.6) is 0 Å². The van der Waals surface area contributed by atoms with Crippen LogP contribution in [0.4, 0.5) is 0 Å². The van der Waals surface area contributed by atoms with Crippen molar-refractivity contribution in [2.45, 2.75) is 363 Å². The van der Waals surface area contributed by atoms with E-state index in [2.05, 4.69) is 55.4 Å². The van der Waals surface area contributed by atoms with E-state index in [0.717, 1.165) is 115 Å². The number of carbonyl (C=O) groups is 4. The van der Waals surface area contributed by atoms with Gasteiger partial charge in [-0.05, 0) is 49.4 Å². The molecular formula is C70H136O17P2. The van der Waals surface area contributed by atoms with Crippen LogP contribution in [-0.2, 0) is 65.4 Å². The zero-order valence-corrected chi connectivity index (χ0v) is 59.8. The Morgan fingerprint density at radius 1 is 0.315 bits per heavy atom. The Morgan fingerprint density at radius 3 is 0.798 bits per heavy atom. The molecule has 0 aromatic carbocycles. The molecule has 17 nitrogen and oxygen atoms in total. The summed E-state index contributed by atoms with van der Waals surface area (Å²) in [6, 6.07) is 0. The van der Waals surface area contributed by atoms with E-state index in [0.29, 0.717) is 37.5 Å². The molecule has 0 radical (unpaired) electrons. The molecule has 0 rings (SSSR count). The number of phosphoric ester groups is 2. The maximum Gasteiger partial charge on any atom is 0.472 e. The van der Waals surface area contributed by atoms with E-state index in [9.17, 15) is 43.2 Å². The van der Waals surface area contributed by atoms with Crippen molar-refractivity contribution in [2.75, 3.05) is 39.6 Å². The van der Waals surface area contributed by atoms with Gasteiger partial charge >= 0.3 is 39.5 Å². The molecule has 89 heavy (non-hydrogen) atoms. The summed E-state index contributed by atoms with van der Waals surface area (Å²) in [5, 5.41) is 10.6. The van der Waals surface area contributed by atoms with Crippen molar-refractivity contribution in [3.63, 3.8) is 0 Å². The number of hydrogen-bond acceptors (Lipinski definition) is 15. The summed E-state index contributed by atoms with van der Waals surface area (Å²) in [5.74, 6) is 0.834. The maximum atomic E-state index is 13.0. The van der Waals surface area contributed by atoms with Crippen LogP contribution >= 0.6 is 15.6 Å². The smallest absolute Gasteiger partial charge is 0.462 e. The van der Waals surface area contributed by atoms with Gasteiger partial charge in [-0.1, -0.05) is 293 Å². The van der Waals surface area contributed by atoms with Crippen LogP contribution < -0.4 is 0 Å². The summed E-state index contributed by atoms with van der Waals surface area (Å²) in [4.78, 5) is 72.5. The van der Waals surface area contributed by atoms with E-state index in [1.54, 1.807) is 0 Å². The molecule has 0 aliphatic heterocycles. The largest absolute Gasteiger partial charge is 0.472 e. The van der Waals surface area contributed by atoms with Crippen LogP contribution in [0.25, 0.3) is 0 Å². The third-order valence-corrected chi connectivity index (χ3v) is 18.3. The van der Waals surface area contributed by atoms with Gasteiger partial charge in [0.1, 0.15) is 19.3 Å². The zero-order valence-electron chi connectivity index (χ0n) is 58.1. The van der Waals surface area contributed by atoms with Gasteiger partial charge in [-0.25, -0.2) is 9.13 Å². The SMILES string of the molecule is CCC(C)CCCCCCCCCCCCCCCCC(=O)O[C@H](COC(=O)CCCCCCCCCC(C)C)COP(=O)(O)OCC(O)COP(=O)(O)OC[C@@H](COC(=O)CCCCCCCCC(C)C)OC(=O)CCCCCCCCCCCC(C)C. The molecule has 3 N–H and O–H groups in total. The second-order valence-corrected chi connectivity index (χ2v) is 29.8. The summed E-state index contributed by atoms with van der Waals surface area (Å²) in [7, 11) is -9.90. The number of unbranched alkanes of at least 4 members (excludes halogenated alkanes) is 32. The Hall–Kier alpha value is -1.94. The number of hydrogen-bond donors (Lipinski definition) is 3. The average Bonchev–Trinajstić information content (AvgIpc) is 3.69. The lowest BCUT2D eigenvalue weighted by molar-refractivity contribution is -0.161. The summed E-state index contributed by atoms with van der Waals surface area (Å²) in [6.45, 7) is 14.0. The van der Waals surface area contributed by atoms with E-state index >= 15 is 0 Å². The van der Waals surface area contributed by atoms with Gasteiger partial charge in [-0.3, -0.25) is 37.3 Å². The van der Waals surface area contributed by atoms with Gasteiger partial charge in [0, 0.05) is 25.7 Å². The molecule has 0 heterocycles. The quantitative estimate of drug-likeness (QED) is 0.0222. The van der Waals surface area contributed by atoms with Gasteiger partial charge in [0.25, 0.3) is 0 Å². The van der Waals surface area contributed by atoms with E-state index in [-0.39, 0.29) is 25.7 Å². The molecular weight excluding hydrogens is 1170 g/mol. The van der Waals surface area contributed by atoms with E-state index < -0.39 is 97.5 Å². The first-order valence-electron chi connectivity index (χ1n) is 36.2. The first-order chi connectivity index (χ1) is 42.6. The van der Waals surface area contributed by atoms with Crippen LogP contribution in [0.3, 0.4) is 0 Å². The minimum Gasteiger partial charge on any atom is -0.462 e. The van der Waals surface area contributed by atoms with E-state index in [1.165, 1.54) is 135 Å². The molecule has 0 spiro atoms. The Bertz CT molecular complexity index is 1770. The Balaban J connectivity index is 5.21. The van der Waals surface area contributed by atoms with Crippen LogP contribution in [0.15, 0.2) is 0 Å². The minimum atomic E-state index is -4.95. The highest BCUT2D eigenvalue weighted by Gasteiger charge is 2.30. The van der Waals surface area contributed by atoms with Crippen molar-refractivity contribution in [3.8, 4) is 0 Å². The highest BCUT2D eigenvalue weighted by atomic mass is 31.2. The number of aliphatic hydroxyl groups excluding tert-OH is 1. The molecule has 19 heteroatoms. The second kappa shape index (κ2) is 59.8. The number of aliphatic hydroxyl groups is 1. The maximum absolute atomic E-state index is 13.0. The van der Waals surface area contributed by atoms with Crippen molar-refractivity contribution in [1.29, 1.82) is 0 Å². The Kier molecular flexibility index (Phi) is 58.5. The molecule has 0 bridgehead atoms. The molecule has 0 aliphatic rings. The lowest BCUT2D eigenvalue weighted by atomic mass is 9.99. The molecule has 4 unspecified atom stereocenters. The number of ether oxygens (including phenoxy) is 4. The Labute approximate surface area is 543 Å². The van der Waals surface area contributed by atoms with Crippen molar-refractivity contribution >= 4 is 39.5 Å². The average molecular weight is 1310 g/mol. The third kappa shape index (κ3) is 63.2. The van der Waals surface area contributed by atoms with Gasteiger partial charge in [-0.15, -0.1) is 0 Å². The summed E-state index contributed by atoms with van der Waals surface area (Å²) < 4.78 is 68.2. The Morgan fingerprint density at radius 2 is 0.539 bits per heavy atom. The molecule has 0 aromatic rings. The highest BCUT2D eigenvalue weighted by Crippen LogP contribution is 2.45. The van der Waals surface area contributed by atoms with Gasteiger partial charge < -0.3 is 33.8 Å². The molecule has 0 fully saturated rings. The first kappa shape index (κ1) is 87.1. The van der Waals surface area contributed by atoms with Crippen molar-refractivity contribution in [2.24, 2.45) is 23.7 Å². The van der Waals surface area contributed by atoms with Crippen molar-refractivity contribution in [3.05, 3.63) is 0 Å². The van der Waals surface area contributed by atoms with Crippen molar-refractivity contribution < 1.29 is 80.2 Å². The fourth-order valence-electron chi connectivity index (χ4n) is 10.5. The number of esters is 4. The van der Waals surface area contributed by atoms with E-state index in [4.69, 9.17) is 37.0 Å². The van der Waals surface area contributed by atoms with Crippen molar-refractivity contribution in [1.82, 2.24) is 0 Å². The lowest BCUT2D eigenvalue weighted by Crippen LogP contribution is -2.30. The topological polar surface area (TPSA) is 237 Å². The fourth-order valence-corrected chi connectivity index (χ4v) is 12.0. The second-order valence-electron chi connectivity index (χ2n) is 26.9. The molecule has 0 saturated heterocycles. The summed E-state index contributed by atoms with van der Waals surface area (Å²) in [6.07, 6.45) is 41.9. The van der Waals surface area contributed by atoms with Gasteiger partial charge in [0.05, 0.1) is 26.4 Å². The first-order valence-corrected chi connectivity index (χ1v) is 39.2. The zero-order chi connectivity index (χ0) is 66.1. The molecule has 0 amide bonds.